The van der Waals surface area contributed by atoms with Gasteiger partial charge in [0.15, 0.2) is 6.10 Å². The topological polar surface area (TPSA) is 78.9 Å². The highest BCUT2D eigenvalue weighted by atomic mass is 16.6. The van der Waals surface area contributed by atoms with Gasteiger partial charge in [0.25, 0.3) is 0 Å². The molecule has 0 spiro atoms. The fourth-order valence-electron chi connectivity index (χ4n) is 7.51. The first-order chi connectivity index (χ1) is 31.0. The maximum Gasteiger partial charge on any atom is 0.306 e. The zero-order chi connectivity index (χ0) is 45.8. The summed E-state index contributed by atoms with van der Waals surface area (Å²) in [4.78, 5) is 37.9. The number of unbranched alkanes of at least 4 members (excludes halogenated alkanes) is 30. The van der Waals surface area contributed by atoms with Crippen LogP contribution < -0.4 is 0 Å². The van der Waals surface area contributed by atoms with Crippen LogP contribution >= 0.6 is 0 Å². The third-order valence-electron chi connectivity index (χ3n) is 11.6. The van der Waals surface area contributed by atoms with Crippen molar-refractivity contribution in [1.29, 1.82) is 0 Å². The lowest BCUT2D eigenvalue weighted by Gasteiger charge is -2.18. The molecule has 0 aromatic heterocycles. The summed E-state index contributed by atoms with van der Waals surface area (Å²) in [6.07, 6.45) is 63.5. The summed E-state index contributed by atoms with van der Waals surface area (Å²) in [6.45, 7) is 6.57. The summed E-state index contributed by atoms with van der Waals surface area (Å²) in [6, 6.07) is 0. The number of hydrogen-bond acceptors (Lipinski definition) is 6. The average Bonchev–Trinajstić information content (AvgIpc) is 3.28. The van der Waals surface area contributed by atoms with Crippen LogP contribution in [0.5, 0.6) is 0 Å². The smallest absolute Gasteiger partial charge is 0.306 e. The van der Waals surface area contributed by atoms with Crippen molar-refractivity contribution in [2.75, 3.05) is 13.2 Å². The molecular weight excluding hydrogens is 781 g/mol. The largest absolute Gasteiger partial charge is 0.462 e. The zero-order valence-corrected chi connectivity index (χ0v) is 41.6. The van der Waals surface area contributed by atoms with Crippen LogP contribution in [0.1, 0.15) is 265 Å². The predicted molar refractivity (Wildman–Crippen MR) is 270 cm³/mol. The second-order valence-corrected chi connectivity index (χ2v) is 17.9. The fraction of sp³-hybridized carbons (Fsp3) is 0.772. The van der Waals surface area contributed by atoms with E-state index in [1.807, 2.05) is 0 Å². The van der Waals surface area contributed by atoms with E-state index in [9.17, 15) is 14.4 Å². The number of carbonyl (C=O) groups is 3. The minimum Gasteiger partial charge on any atom is -0.462 e. The number of esters is 3. The van der Waals surface area contributed by atoms with Gasteiger partial charge in [0, 0.05) is 19.3 Å². The van der Waals surface area contributed by atoms with E-state index < -0.39 is 6.10 Å². The van der Waals surface area contributed by atoms with Crippen molar-refractivity contribution in [3.8, 4) is 0 Å². The highest BCUT2D eigenvalue weighted by Crippen LogP contribution is 2.15. The van der Waals surface area contributed by atoms with Gasteiger partial charge in [0.1, 0.15) is 13.2 Å². The minimum atomic E-state index is -0.785. The Morgan fingerprint density at radius 2 is 0.587 bits per heavy atom. The maximum atomic E-state index is 12.8. The van der Waals surface area contributed by atoms with Crippen molar-refractivity contribution in [3.05, 3.63) is 60.8 Å². The molecule has 0 aliphatic rings. The van der Waals surface area contributed by atoms with E-state index in [0.29, 0.717) is 19.3 Å². The van der Waals surface area contributed by atoms with Crippen LogP contribution in [0.25, 0.3) is 0 Å². The van der Waals surface area contributed by atoms with Gasteiger partial charge in [-0.15, -0.1) is 0 Å². The maximum absolute atomic E-state index is 12.8. The van der Waals surface area contributed by atoms with Gasteiger partial charge in [-0.05, 0) is 70.6 Å². The Labute approximate surface area is 390 Å². The lowest BCUT2D eigenvalue weighted by atomic mass is 10.1. The lowest BCUT2D eigenvalue weighted by molar-refractivity contribution is -0.167. The van der Waals surface area contributed by atoms with Crippen LogP contribution in [-0.4, -0.2) is 37.2 Å². The minimum absolute atomic E-state index is 0.0839. The molecule has 6 nitrogen and oxygen atoms in total. The normalized spacial score (nSPS) is 12.5. The van der Waals surface area contributed by atoms with Crippen LogP contribution in [0.15, 0.2) is 60.8 Å². The second-order valence-electron chi connectivity index (χ2n) is 17.9. The van der Waals surface area contributed by atoms with Gasteiger partial charge in [-0.2, -0.15) is 0 Å². The molecule has 0 aromatic rings. The Bertz CT molecular complexity index is 1150. The Morgan fingerprint density at radius 3 is 0.968 bits per heavy atom. The molecule has 0 rings (SSSR count). The van der Waals surface area contributed by atoms with E-state index in [2.05, 4.69) is 81.5 Å². The van der Waals surface area contributed by atoms with Gasteiger partial charge in [-0.3, -0.25) is 14.4 Å². The first-order valence-corrected chi connectivity index (χ1v) is 26.8. The molecule has 0 aliphatic heterocycles. The van der Waals surface area contributed by atoms with E-state index in [1.165, 1.54) is 128 Å². The molecule has 0 amide bonds. The molecule has 0 saturated carbocycles. The lowest BCUT2D eigenvalue weighted by Crippen LogP contribution is -2.30. The Hall–Kier alpha value is -2.89. The molecule has 6 heteroatoms. The van der Waals surface area contributed by atoms with E-state index in [-0.39, 0.29) is 31.1 Å². The van der Waals surface area contributed by atoms with E-state index in [4.69, 9.17) is 14.2 Å². The van der Waals surface area contributed by atoms with Crippen molar-refractivity contribution in [2.24, 2.45) is 0 Å². The number of rotatable bonds is 48. The molecule has 0 bridgehead atoms. The van der Waals surface area contributed by atoms with Gasteiger partial charge >= 0.3 is 17.9 Å². The van der Waals surface area contributed by atoms with Crippen molar-refractivity contribution < 1.29 is 28.6 Å². The van der Waals surface area contributed by atoms with Gasteiger partial charge in [-0.1, -0.05) is 236 Å². The number of carbonyl (C=O) groups excluding carboxylic acids is 3. The summed E-state index contributed by atoms with van der Waals surface area (Å²) in [5.74, 6) is -0.913. The van der Waals surface area contributed by atoms with Crippen molar-refractivity contribution in [1.82, 2.24) is 0 Å². The molecule has 0 N–H and O–H groups in total. The predicted octanol–water partition coefficient (Wildman–Crippen LogP) is 17.6. The van der Waals surface area contributed by atoms with Crippen LogP contribution in [0.4, 0.5) is 0 Å². The van der Waals surface area contributed by atoms with E-state index in [0.717, 1.165) is 96.3 Å². The summed E-state index contributed by atoms with van der Waals surface area (Å²) in [5.41, 5.74) is 0. The van der Waals surface area contributed by atoms with Gasteiger partial charge < -0.3 is 14.2 Å². The molecule has 1 atom stereocenters. The number of hydrogen-bond donors (Lipinski definition) is 0. The molecule has 0 radical (unpaired) electrons. The Kier molecular flexibility index (Phi) is 49.4. The summed E-state index contributed by atoms with van der Waals surface area (Å²) >= 11 is 0. The van der Waals surface area contributed by atoms with E-state index >= 15 is 0 Å². The summed E-state index contributed by atoms with van der Waals surface area (Å²) in [7, 11) is 0. The van der Waals surface area contributed by atoms with Gasteiger partial charge in [-0.25, -0.2) is 0 Å². The van der Waals surface area contributed by atoms with Crippen LogP contribution in [0, 0.1) is 0 Å². The monoisotopic (exact) mass is 881 g/mol. The quantitative estimate of drug-likeness (QED) is 0.0199. The van der Waals surface area contributed by atoms with Gasteiger partial charge in [0.05, 0.1) is 0 Å². The summed E-state index contributed by atoms with van der Waals surface area (Å²) in [5, 5.41) is 0. The van der Waals surface area contributed by atoms with Crippen molar-refractivity contribution >= 4 is 17.9 Å². The fourth-order valence-corrected chi connectivity index (χ4v) is 7.51. The number of allylic oxidation sites excluding steroid dienone is 10. The Balaban J connectivity index is 4.37. The third-order valence-corrected chi connectivity index (χ3v) is 11.6. The molecule has 0 aromatic carbocycles. The average molecular weight is 881 g/mol. The molecular formula is C57H100O6. The third kappa shape index (κ3) is 50.0. The standard InChI is InChI=1S/C57H100O6/c1-4-7-10-13-16-19-21-23-25-27-29-31-33-35-38-41-44-47-50-56(59)62-53-54(52-61-55(58)49-46-43-40-37-18-15-12-9-6-3)63-57(60)51-48-45-42-39-36-34-32-30-28-26-24-22-20-17-14-11-8-5-2/h16,19,21,23,25,27,29-32,54H,4-15,17-18,20,22,24,26,28,33-53H2,1-3H3/b19-16-,23-21-,27-25-,31-29-,32-30-. The Morgan fingerprint density at radius 1 is 0.317 bits per heavy atom. The molecule has 0 aliphatic carbocycles. The van der Waals surface area contributed by atoms with Crippen molar-refractivity contribution in [3.63, 3.8) is 0 Å². The summed E-state index contributed by atoms with van der Waals surface area (Å²) < 4.78 is 16.8. The zero-order valence-electron chi connectivity index (χ0n) is 41.6. The highest BCUT2D eigenvalue weighted by molar-refractivity contribution is 5.71. The first-order valence-electron chi connectivity index (χ1n) is 26.8. The molecule has 0 heterocycles. The molecule has 0 fully saturated rings. The SMILES string of the molecule is CCCCC\C=C/C=C\C=C/C=C\CCCCCCCC(=O)OCC(COC(=O)CCCCCCCCCCC)OC(=O)CCCCCCC/C=C\CCCCCCCCCCC. The van der Waals surface area contributed by atoms with Gasteiger partial charge in [0.2, 0.25) is 0 Å². The highest BCUT2D eigenvalue weighted by Gasteiger charge is 2.19. The number of ether oxygens (including phenoxy) is 3. The molecule has 0 saturated heterocycles. The van der Waals surface area contributed by atoms with Crippen LogP contribution in [0.3, 0.4) is 0 Å². The van der Waals surface area contributed by atoms with Crippen LogP contribution in [0.2, 0.25) is 0 Å². The van der Waals surface area contributed by atoms with Crippen molar-refractivity contribution in [2.45, 2.75) is 271 Å². The first kappa shape index (κ1) is 60.1. The molecule has 1 unspecified atom stereocenters. The second kappa shape index (κ2) is 51.7. The molecule has 364 valence electrons. The van der Waals surface area contributed by atoms with E-state index in [1.54, 1.807) is 0 Å². The van der Waals surface area contributed by atoms with Crippen LogP contribution in [-0.2, 0) is 28.6 Å². The molecule has 63 heavy (non-hydrogen) atoms.